The third-order valence-electron chi connectivity index (χ3n) is 7.53. The van der Waals surface area contributed by atoms with Gasteiger partial charge in [-0.25, -0.2) is 19.6 Å². The molecule has 4 fully saturated rings. The third-order valence-corrected chi connectivity index (χ3v) is 7.53. The molecule has 0 radical (unpaired) electrons. The van der Waals surface area contributed by atoms with E-state index in [2.05, 4.69) is 15.0 Å². The van der Waals surface area contributed by atoms with Crippen LogP contribution in [-0.4, -0.2) is 42.4 Å². The number of benzene rings is 1. The minimum atomic E-state index is 0.297. The van der Waals surface area contributed by atoms with Crippen LogP contribution in [0.15, 0.2) is 30.5 Å². The van der Waals surface area contributed by atoms with Gasteiger partial charge in [-0.3, -0.25) is 0 Å². The van der Waals surface area contributed by atoms with Crippen LogP contribution in [0.5, 0.6) is 0 Å². The van der Waals surface area contributed by atoms with Crippen LogP contribution in [0.3, 0.4) is 0 Å². The molecule has 4 aromatic rings. The summed E-state index contributed by atoms with van der Waals surface area (Å²) in [5.74, 6) is 2.92. The number of ether oxygens (including phenoxy) is 1. The maximum atomic E-state index is 6.15. The number of aromatic nitrogens is 6. The van der Waals surface area contributed by atoms with Crippen LogP contribution in [0.2, 0.25) is 0 Å². The van der Waals surface area contributed by atoms with Gasteiger partial charge in [0.2, 0.25) is 0 Å². The van der Waals surface area contributed by atoms with E-state index in [-0.39, 0.29) is 0 Å². The molecule has 3 atom stereocenters. The monoisotopic (exact) mass is 443 g/mol. The summed E-state index contributed by atoms with van der Waals surface area (Å²) < 4.78 is 8.31. The van der Waals surface area contributed by atoms with Gasteiger partial charge in [-0.05, 0) is 63.0 Å². The van der Waals surface area contributed by atoms with Crippen molar-refractivity contribution in [2.45, 2.75) is 69.6 Å². The van der Waals surface area contributed by atoms with E-state index in [1.807, 2.05) is 30.5 Å². The van der Waals surface area contributed by atoms with Gasteiger partial charge in [-0.2, -0.15) is 5.10 Å². The van der Waals surface area contributed by atoms with E-state index in [4.69, 9.17) is 24.8 Å². The fourth-order valence-electron chi connectivity index (χ4n) is 5.47. The summed E-state index contributed by atoms with van der Waals surface area (Å²) in [6.45, 7) is 1.48. The van der Waals surface area contributed by atoms with Crippen molar-refractivity contribution in [2.75, 3.05) is 11.9 Å². The van der Waals surface area contributed by atoms with Gasteiger partial charge in [-0.1, -0.05) is 12.1 Å². The minimum Gasteiger partial charge on any atom is -0.378 e. The van der Waals surface area contributed by atoms with Gasteiger partial charge >= 0.3 is 0 Å². The summed E-state index contributed by atoms with van der Waals surface area (Å²) in [5.41, 5.74) is 4.89. The molecule has 2 bridgehead atoms. The second kappa shape index (κ2) is 7.80. The highest BCUT2D eigenvalue weighted by Crippen LogP contribution is 2.40. The molecule has 0 spiro atoms. The first-order valence-corrected chi connectivity index (χ1v) is 12.3. The molecule has 2 saturated carbocycles. The fraction of sp³-hybridized carbons (Fsp3) is 0.520. The van der Waals surface area contributed by atoms with Gasteiger partial charge in [-0.15, -0.1) is 0 Å². The average molecular weight is 444 g/mol. The number of H-pyrrole nitrogens is 1. The summed E-state index contributed by atoms with van der Waals surface area (Å²) in [5, 5.41) is 8.53. The zero-order chi connectivity index (χ0) is 21.8. The van der Waals surface area contributed by atoms with Crippen LogP contribution < -0.4 is 5.32 Å². The van der Waals surface area contributed by atoms with Crippen LogP contribution >= 0.6 is 0 Å². The largest absolute Gasteiger partial charge is 0.378 e. The second-order valence-corrected chi connectivity index (χ2v) is 9.95. The SMILES string of the molecule is c1ccc2[nH]c(CNc3nn(C4CCC5CC[C@@H](C4)OC5)c4nc(C5CC5)cnc34)nc2c1. The number of hydrogen-bond donors (Lipinski definition) is 2. The Morgan fingerprint density at radius 3 is 2.82 bits per heavy atom. The second-order valence-electron chi connectivity index (χ2n) is 9.95. The fourth-order valence-corrected chi connectivity index (χ4v) is 5.47. The Bertz CT molecular complexity index is 1270. The van der Waals surface area contributed by atoms with Crippen LogP contribution in [0, 0.1) is 5.92 Å². The van der Waals surface area contributed by atoms with E-state index in [1.165, 1.54) is 25.7 Å². The van der Waals surface area contributed by atoms with E-state index < -0.39 is 0 Å². The minimum absolute atomic E-state index is 0.297. The van der Waals surface area contributed by atoms with E-state index in [1.54, 1.807) is 0 Å². The zero-order valence-electron chi connectivity index (χ0n) is 18.7. The maximum absolute atomic E-state index is 6.15. The zero-order valence-corrected chi connectivity index (χ0v) is 18.7. The van der Waals surface area contributed by atoms with Crippen molar-refractivity contribution in [3.05, 3.63) is 42.0 Å². The smallest absolute Gasteiger partial charge is 0.179 e. The molecule has 2 N–H and O–H groups in total. The number of anilines is 1. The molecule has 0 amide bonds. The molecule has 3 aromatic heterocycles. The van der Waals surface area contributed by atoms with Crippen LogP contribution in [0.25, 0.3) is 22.2 Å². The van der Waals surface area contributed by atoms with Crippen LogP contribution in [0.1, 0.15) is 68.4 Å². The lowest BCUT2D eigenvalue weighted by molar-refractivity contribution is -0.0437. The quantitative estimate of drug-likeness (QED) is 0.464. The number of fused-ring (bicyclic) bond motifs is 7. The van der Waals surface area contributed by atoms with Gasteiger partial charge in [0.1, 0.15) is 5.82 Å². The standard InChI is InChI=1S/C25H29N7O/c1-2-4-20-19(3-1)28-22(29-20)13-27-24-23-25(30-21(12-26-23)16-7-8-16)32(31-24)17-9-5-15-6-10-18(11-17)33-14-15/h1-4,12,15-18H,5-11,13-14H2,(H,27,31)(H,28,29)/t15?,17?,18-/m0/s1. The molecule has 8 nitrogen and oxygen atoms in total. The van der Waals surface area contributed by atoms with Crippen molar-refractivity contribution < 1.29 is 4.74 Å². The van der Waals surface area contributed by atoms with Gasteiger partial charge in [0.05, 0.1) is 35.4 Å². The van der Waals surface area contributed by atoms with Gasteiger partial charge < -0.3 is 15.0 Å². The van der Waals surface area contributed by atoms with Gasteiger partial charge in [0.15, 0.2) is 17.0 Å². The van der Waals surface area contributed by atoms with E-state index >= 15 is 0 Å². The van der Waals surface area contributed by atoms with Crippen LogP contribution in [0.4, 0.5) is 5.82 Å². The lowest BCUT2D eigenvalue weighted by atomic mass is 9.85. The number of nitrogens with zero attached hydrogens (tertiary/aromatic N) is 5. The Morgan fingerprint density at radius 2 is 1.97 bits per heavy atom. The lowest BCUT2D eigenvalue weighted by Crippen LogP contribution is -2.32. The van der Waals surface area contributed by atoms with Crippen molar-refractivity contribution >= 4 is 28.0 Å². The van der Waals surface area contributed by atoms with Crippen molar-refractivity contribution in [1.29, 1.82) is 0 Å². The Morgan fingerprint density at radius 1 is 1.06 bits per heavy atom. The molecule has 5 heterocycles. The molecule has 2 aliphatic carbocycles. The highest BCUT2D eigenvalue weighted by atomic mass is 16.5. The Labute approximate surface area is 192 Å². The molecule has 170 valence electrons. The molecular weight excluding hydrogens is 414 g/mol. The number of imidazole rings is 1. The Hall–Kier alpha value is -3.00. The highest BCUT2D eigenvalue weighted by Gasteiger charge is 2.32. The summed E-state index contributed by atoms with van der Waals surface area (Å²) in [6.07, 6.45) is 10.5. The summed E-state index contributed by atoms with van der Waals surface area (Å²) >= 11 is 0. The first kappa shape index (κ1) is 19.5. The predicted molar refractivity (Wildman–Crippen MR) is 126 cm³/mol. The normalized spacial score (nSPS) is 25.4. The Kier molecular flexibility index (Phi) is 4.60. The maximum Gasteiger partial charge on any atom is 0.179 e. The van der Waals surface area contributed by atoms with E-state index in [0.717, 1.165) is 65.4 Å². The number of para-hydroxylation sites is 2. The first-order valence-electron chi connectivity index (χ1n) is 12.3. The van der Waals surface area contributed by atoms with E-state index in [9.17, 15) is 0 Å². The number of aromatic amines is 1. The highest BCUT2D eigenvalue weighted by molar-refractivity contribution is 5.83. The topological polar surface area (TPSA) is 93.5 Å². The molecule has 2 saturated heterocycles. The Balaban J connectivity index is 1.23. The molecule has 33 heavy (non-hydrogen) atoms. The number of nitrogens with one attached hydrogen (secondary N) is 2. The van der Waals surface area contributed by atoms with Crippen molar-refractivity contribution in [3.63, 3.8) is 0 Å². The van der Waals surface area contributed by atoms with Crippen molar-refractivity contribution in [2.24, 2.45) is 5.92 Å². The van der Waals surface area contributed by atoms with Crippen molar-refractivity contribution in [3.8, 4) is 0 Å². The molecular formula is C25H29N7O. The first-order chi connectivity index (χ1) is 16.3. The summed E-state index contributed by atoms with van der Waals surface area (Å²) in [4.78, 5) is 18.0. The van der Waals surface area contributed by atoms with Gasteiger partial charge in [0.25, 0.3) is 0 Å². The molecule has 2 aliphatic heterocycles. The van der Waals surface area contributed by atoms with Crippen molar-refractivity contribution in [1.82, 2.24) is 29.7 Å². The molecule has 1 aromatic carbocycles. The summed E-state index contributed by atoms with van der Waals surface area (Å²) in [7, 11) is 0. The molecule has 4 aliphatic rings. The molecule has 8 heteroatoms. The predicted octanol–water partition coefficient (Wildman–Crippen LogP) is 4.71. The molecule has 2 unspecified atom stereocenters. The lowest BCUT2D eigenvalue weighted by Gasteiger charge is -2.35. The molecule has 8 rings (SSSR count). The van der Waals surface area contributed by atoms with E-state index in [0.29, 0.717) is 30.5 Å². The number of rotatable bonds is 5. The van der Waals surface area contributed by atoms with Crippen LogP contribution in [-0.2, 0) is 11.3 Å². The number of hydrogen-bond acceptors (Lipinski definition) is 6. The van der Waals surface area contributed by atoms with Gasteiger partial charge in [0, 0.05) is 18.7 Å². The summed E-state index contributed by atoms with van der Waals surface area (Å²) in [6, 6.07) is 8.39. The third kappa shape index (κ3) is 3.66. The average Bonchev–Trinajstić information content (AvgIpc) is 3.50.